The molecule has 1 atom stereocenters. The highest BCUT2D eigenvalue weighted by molar-refractivity contribution is 5.73. The molecule has 0 aromatic heterocycles. The minimum absolute atomic E-state index is 0.169. The topological polar surface area (TPSA) is 79.5 Å². The minimum atomic E-state index is -1.11. The Morgan fingerprint density at radius 2 is 2.25 bits per heavy atom. The molecule has 2 rings (SSSR count). The molecule has 5 heteroatoms. The highest BCUT2D eigenvalue weighted by Crippen LogP contribution is 2.33. The average Bonchev–Trinajstić information content (AvgIpc) is 2.72. The van der Waals surface area contributed by atoms with Crippen LogP contribution in [-0.4, -0.2) is 17.9 Å². The van der Waals surface area contributed by atoms with Gasteiger partial charge in [0.2, 0.25) is 6.79 Å². The molecule has 16 heavy (non-hydrogen) atoms. The van der Waals surface area contributed by atoms with E-state index in [-0.39, 0.29) is 13.2 Å². The van der Waals surface area contributed by atoms with Crippen LogP contribution in [0.5, 0.6) is 11.5 Å². The first-order valence-electron chi connectivity index (χ1n) is 4.71. The van der Waals surface area contributed by atoms with E-state index in [1.54, 1.807) is 24.3 Å². The second-order valence-electron chi connectivity index (χ2n) is 3.41. The number of rotatable bonds is 3. The molecule has 1 aliphatic heterocycles. The summed E-state index contributed by atoms with van der Waals surface area (Å²) in [7, 11) is 0. The van der Waals surface area contributed by atoms with Crippen LogP contribution in [0.25, 0.3) is 0 Å². The number of nitrogens with zero attached hydrogens (tertiary/aromatic N) is 1. The van der Waals surface area contributed by atoms with Crippen molar-refractivity contribution in [2.75, 3.05) is 6.79 Å². The molecule has 0 spiro atoms. The third-order valence-corrected chi connectivity index (χ3v) is 2.33. The van der Waals surface area contributed by atoms with E-state index >= 15 is 0 Å². The van der Waals surface area contributed by atoms with Gasteiger partial charge in [0.15, 0.2) is 11.5 Å². The van der Waals surface area contributed by atoms with Gasteiger partial charge in [0.1, 0.15) is 5.92 Å². The number of fused-ring (bicyclic) bond motifs is 1. The number of aliphatic carboxylic acids is 1. The largest absolute Gasteiger partial charge is 0.480 e. The highest BCUT2D eigenvalue weighted by Gasteiger charge is 2.19. The van der Waals surface area contributed by atoms with Crippen molar-refractivity contribution in [3.63, 3.8) is 0 Å². The zero-order valence-corrected chi connectivity index (χ0v) is 8.34. The normalized spacial score (nSPS) is 14.2. The Kier molecular flexibility index (Phi) is 2.64. The van der Waals surface area contributed by atoms with Crippen molar-refractivity contribution in [3.05, 3.63) is 23.8 Å². The van der Waals surface area contributed by atoms with Gasteiger partial charge in [0.25, 0.3) is 0 Å². The molecule has 0 aliphatic carbocycles. The van der Waals surface area contributed by atoms with E-state index in [1.165, 1.54) is 0 Å². The third kappa shape index (κ3) is 1.91. The van der Waals surface area contributed by atoms with E-state index < -0.39 is 11.9 Å². The first-order valence-corrected chi connectivity index (χ1v) is 4.71. The molecule has 1 aromatic rings. The van der Waals surface area contributed by atoms with Crippen molar-refractivity contribution in [1.29, 1.82) is 5.26 Å². The Balaban J connectivity index is 2.17. The number of benzene rings is 1. The van der Waals surface area contributed by atoms with Crippen molar-refractivity contribution < 1.29 is 19.4 Å². The molecule has 1 heterocycles. The molecule has 0 fully saturated rings. The Bertz CT molecular complexity index is 464. The van der Waals surface area contributed by atoms with Crippen molar-refractivity contribution in [2.24, 2.45) is 5.92 Å². The van der Waals surface area contributed by atoms with Crippen LogP contribution in [0.4, 0.5) is 0 Å². The van der Waals surface area contributed by atoms with E-state index in [0.29, 0.717) is 11.5 Å². The Hall–Kier alpha value is -2.22. The van der Waals surface area contributed by atoms with Gasteiger partial charge in [-0.1, -0.05) is 6.07 Å². The van der Waals surface area contributed by atoms with Gasteiger partial charge in [-0.2, -0.15) is 5.26 Å². The number of carboxylic acid groups (broad SMARTS) is 1. The molecule has 0 bridgehead atoms. The van der Waals surface area contributed by atoms with Gasteiger partial charge in [-0.3, -0.25) is 4.79 Å². The smallest absolute Gasteiger partial charge is 0.321 e. The first kappa shape index (κ1) is 10.3. The number of carbonyl (C=O) groups is 1. The minimum Gasteiger partial charge on any atom is -0.480 e. The fraction of sp³-hybridized carbons (Fsp3) is 0.273. The lowest BCUT2D eigenvalue weighted by molar-refractivity contribution is -0.139. The zero-order valence-electron chi connectivity index (χ0n) is 8.34. The number of ether oxygens (including phenoxy) is 2. The zero-order chi connectivity index (χ0) is 11.5. The Labute approximate surface area is 91.8 Å². The molecule has 1 aromatic carbocycles. The van der Waals surface area contributed by atoms with Crippen molar-refractivity contribution in [3.8, 4) is 17.6 Å². The van der Waals surface area contributed by atoms with E-state index in [1.807, 2.05) is 0 Å². The van der Waals surface area contributed by atoms with Gasteiger partial charge in [-0.25, -0.2) is 0 Å². The summed E-state index contributed by atoms with van der Waals surface area (Å²) < 4.78 is 10.3. The number of carboxylic acids is 1. The standard InChI is InChI=1S/C11H9NO4/c12-5-8(11(13)14)3-7-1-2-9-10(4-7)16-6-15-9/h1-2,4,8H,3,6H2,(H,13,14)/t8-/m0/s1. The summed E-state index contributed by atoms with van der Waals surface area (Å²) in [5, 5.41) is 17.4. The molecule has 0 saturated carbocycles. The quantitative estimate of drug-likeness (QED) is 0.825. The fourth-order valence-electron chi connectivity index (χ4n) is 1.49. The lowest BCUT2D eigenvalue weighted by Crippen LogP contribution is -2.14. The molecular formula is C11H9NO4. The van der Waals surface area contributed by atoms with Gasteiger partial charge >= 0.3 is 5.97 Å². The lowest BCUT2D eigenvalue weighted by Gasteiger charge is -2.04. The van der Waals surface area contributed by atoms with Crippen LogP contribution in [0, 0.1) is 17.2 Å². The summed E-state index contributed by atoms with van der Waals surface area (Å²) >= 11 is 0. The lowest BCUT2D eigenvalue weighted by atomic mass is 10.0. The number of hydrogen-bond donors (Lipinski definition) is 1. The SMILES string of the molecule is N#C[C@H](Cc1ccc2c(c1)OCO2)C(=O)O. The van der Waals surface area contributed by atoms with Crippen LogP contribution >= 0.6 is 0 Å². The highest BCUT2D eigenvalue weighted by atomic mass is 16.7. The summed E-state index contributed by atoms with van der Waals surface area (Å²) in [6.45, 7) is 0.180. The summed E-state index contributed by atoms with van der Waals surface area (Å²) in [6.07, 6.45) is 0.169. The average molecular weight is 219 g/mol. The van der Waals surface area contributed by atoms with Gasteiger partial charge in [-0.05, 0) is 24.1 Å². The molecule has 82 valence electrons. The van der Waals surface area contributed by atoms with Gasteiger partial charge in [-0.15, -0.1) is 0 Å². The maximum absolute atomic E-state index is 10.7. The predicted molar refractivity (Wildman–Crippen MR) is 53.0 cm³/mol. The molecule has 0 amide bonds. The monoisotopic (exact) mass is 219 g/mol. The van der Waals surface area contributed by atoms with E-state index in [9.17, 15) is 4.79 Å². The molecule has 0 unspecified atom stereocenters. The van der Waals surface area contributed by atoms with Crippen molar-refractivity contribution in [2.45, 2.75) is 6.42 Å². The first-order chi connectivity index (χ1) is 7.70. The Morgan fingerprint density at radius 1 is 1.50 bits per heavy atom. The third-order valence-electron chi connectivity index (χ3n) is 2.33. The number of hydrogen-bond acceptors (Lipinski definition) is 4. The molecule has 1 N–H and O–H groups in total. The van der Waals surface area contributed by atoms with Gasteiger partial charge in [0, 0.05) is 0 Å². The molecule has 0 radical (unpaired) electrons. The molecular weight excluding hydrogens is 210 g/mol. The summed E-state index contributed by atoms with van der Waals surface area (Å²) in [4.78, 5) is 10.7. The van der Waals surface area contributed by atoms with Crippen molar-refractivity contribution in [1.82, 2.24) is 0 Å². The van der Waals surface area contributed by atoms with Gasteiger partial charge in [0.05, 0.1) is 6.07 Å². The van der Waals surface area contributed by atoms with Crippen LogP contribution in [0.3, 0.4) is 0 Å². The van der Waals surface area contributed by atoms with E-state index in [0.717, 1.165) is 5.56 Å². The second-order valence-corrected chi connectivity index (χ2v) is 3.41. The Morgan fingerprint density at radius 3 is 2.94 bits per heavy atom. The molecule has 0 saturated heterocycles. The number of nitriles is 1. The molecule has 5 nitrogen and oxygen atoms in total. The van der Waals surface area contributed by atoms with Crippen LogP contribution < -0.4 is 9.47 Å². The van der Waals surface area contributed by atoms with E-state index in [2.05, 4.69) is 0 Å². The van der Waals surface area contributed by atoms with Crippen LogP contribution in [0.15, 0.2) is 18.2 Å². The van der Waals surface area contributed by atoms with Gasteiger partial charge < -0.3 is 14.6 Å². The predicted octanol–water partition coefficient (Wildman–Crippen LogP) is 1.18. The summed E-state index contributed by atoms with van der Waals surface area (Å²) in [5.41, 5.74) is 0.748. The van der Waals surface area contributed by atoms with Crippen molar-refractivity contribution >= 4 is 5.97 Å². The maximum atomic E-state index is 10.7. The van der Waals surface area contributed by atoms with Crippen LogP contribution in [-0.2, 0) is 11.2 Å². The second kappa shape index (κ2) is 4.11. The maximum Gasteiger partial charge on any atom is 0.321 e. The van der Waals surface area contributed by atoms with Crippen LogP contribution in [0.1, 0.15) is 5.56 Å². The molecule has 1 aliphatic rings. The summed E-state index contributed by atoms with van der Waals surface area (Å²) in [6, 6.07) is 6.90. The fourth-order valence-corrected chi connectivity index (χ4v) is 1.49. The van der Waals surface area contributed by atoms with E-state index in [4.69, 9.17) is 19.8 Å². The van der Waals surface area contributed by atoms with Crippen LogP contribution in [0.2, 0.25) is 0 Å². The summed E-state index contributed by atoms with van der Waals surface area (Å²) in [5.74, 6) is -0.896.